The maximum absolute atomic E-state index is 11.9. The molecule has 0 spiro atoms. The fourth-order valence-electron chi connectivity index (χ4n) is 2.23. The van der Waals surface area contributed by atoms with Gasteiger partial charge in [0.05, 0.1) is 0 Å². The number of nitrogens with one attached hydrogen (secondary N) is 1. The van der Waals surface area contributed by atoms with Crippen LogP contribution in [0.4, 0.5) is 10.8 Å². The number of rotatable bonds is 6. The second-order valence-corrected chi connectivity index (χ2v) is 8.25. The van der Waals surface area contributed by atoms with Crippen molar-refractivity contribution in [2.75, 3.05) is 19.4 Å². The molecule has 1 amide bonds. The van der Waals surface area contributed by atoms with Gasteiger partial charge < -0.3 is 10.2 Å². The quantitative estimate of drug-likeness (QED) is 0.630. The largest absolute Gasteiger partial charge is 0.345 e. The molecule has 1 aromatic heterocycles. The summed E-state index contributed by atoms with van der Waals surface area (Å²) in [6.45, 7) is 2.06. The second kappa shape index (κ2) is 8.33. The van der Waals surface area contributed by atoms with Crippen LogP contribution in [0.25, 0.3) is 0 Å². The Hall–Kier alpha value is -2.38. The molecule has 0 saturated carbocycles. The maximum Gasteiger partial charge on any atom is 0.253 e. The van der Waals surface area contributed by atoms with Crippen LogP contribution >= 0.6 is 23.1 Å². The third-order valence-corrected chi connectivity index (χ3v) is 5.72. The van der Waals surface area contributed by atoms with E-state index in [1.54, 1.807) is 30.8 Å². The predicted molar refractivity (Wildman–Crippen MR) is 108 cm³/mol. The molecule has 0 aliphatic rings. The summed E-state index contributed by atoms with van der Waals surface area (Å²) in [4.78, 5) is 13.5. The standard InChI is InChI=1S/C19H20N4OS2/c1-13-4-10-16(11-5-13)20-18-21-22-19(26-18)25-12-14-6-8-15(9-7-14)17(24)23(2)3/h4-11H,12H2,1-3H3,(H,20,21). The molecule has 0 fully saturated rings. The molecule has 2 aromatic carbocycles. The Bertz CT molecular complexity index is 873. The number of carbonyl (C=O) groups excluding carboxylic acids is 1. The van der Waals surface area contributed by atoms with E-state index in [0.29, 0.717) is 5.56 Å². The zero-order chi connectivity index (χ0) is 18.5. The molecule has 3 aromatic rings. The minimum atomic E-state index is 0.0140. The van der Waals surface area contributed by atoms with Gasteiger partial charge in [0.25, 0.3) is 5.91 Å². The minimum absolute atomic E-state index is 0.0140. The van der Waals surface area contributed by atoms with Crippen LogP contribution in [0.1, 0.15) is 21.5 Å². The summed E-state index contributed by atoms with van der Waals surface area (Å²) in [5.41, 5.74) is 4.07. The Morgan fingerprint density at radius 3 is 2.42 bits per heavy atom. The van der Waals surface area contributed by atoms with Crippen LogP contribution < -0.4 is 5.32 Å². The Labute approximate surface area is 161 Å². The fourth-order valence-corrected chi connectivity index (χ4v) is 3.95. The summed E-state index contributed by atoms with van der Waals surface area (Å²) in [7, 11) is 3.51. The van der Waals surface area contributed by atoms with Gasteiger partial charge in [0.15, 0.2) is 4.34 Å². The summed E-state index contributed by atoms with van der Waals surface area (Å²) in [5, 5.41) is 12.5. The fraction of sp³-hybridized carbons (Fsp3) is 0.211. The molecule has 3 rings (SSSR count). The summed E-state index contributed by atoms with van der Waals surface area (Å²) >= 11 is 3.17. The monoisotopic (exact) mass is 384 g/mol. The first kappa shape index (κ1) is 18.4. The minimum Gasteiger partial charge on any atom is -0.345 e. The number of carbonyl (C=O) groups is 1. The van der Waals surface area contributed by atoms with Crippen molar-refractivity contribution in [3.8, 4) is 0 Å². The highest BCUT2D eigenvalue weighted by Crippen LogP contribution is 2.30. The van der Waals surface area contributed by atoms with E-state index in [1.807, 2.05) is 36.4 Å². The van der Waals surface area contributed by atoms with Crippen LogP contribution in [0, 0.1) is 6.92 Å². The van der Waals surface area contributed by atoms with Gasteiger partial charge in [0.2, 0.25) is 5.13 Å². The lowest BCUT2D eigenvalue weighted by atomic mass is 10.1. The van der Waals surface area contributed by atoms with Crippen molar-refractivity contribution in [1.29, 1.82) is 0 Å². The SMILES string of the molecule is Cc1ccc(Nc2nnc(SCc3ccc(C(=O)N(C)C)cc3)s2)cc1. The van der Waals surface area contributed by atoms with Crippen molar-refractivity contribution in [2.24, 2.45) is 0 Å². The first-order valence-electron chi connectivity index (χ1n) is 8.12. The van der Waals surface area contributed by atoms with Gasteiger partial charge >= 0.3 is 0 Å². The smallest absolute Gasteiger partial charge is 0.253 e. The van der Waals surface area contributed by atoms with E-state index in [2.05, 4.69) is 34.6 Å². The highest BCUT2D eigenvalue weighted by Gasteiger charge is 2.09. The highest BCUT2D eigenvalue weighted by molar-refractivity contribution is 8.00. The van der Waals surface area contributed by atoms with Gasteiger partial charge in [0.1, 0.15) is 0 Å². The molecule has 0 saturated heterocycles. The normalized spacial score (nSPS) is 10.6. The van der Waals surface area contributed by atoms with Gasteiger partial charge in [-0.2, -0.15) is 0 Å². The molecule has 0 unspecified atom stereocenters. The molecule has 0 atom stereocenters. The summed E-state index contributed by atoms with van der Waals surface area (Å²) in [6.07, 6.45) is 0. The zero-order valence-electron chi connectivity index (χ0n) is 14.9. The average molecular weight is 385 g/mol. The Morgan fingerprint density at radius 1 is 1.08 bits per heavy atom. The molecule has 0 aliphatic heterocycles. The topological polar surface area (TPSA) is 58.1 Å². The van der Waals surface area contributed by atoms with Crippen LogP contribution in [-0.2, 0) is 5.75 Å². The highest BCUT2D eigenvalue weighted by atomic mass is 32.2. The number of aryl methyl sites for hydroxylation is 1. The summed E-state index contributed by atoms with van der Waals surface area (Å²) < 4.78 is 0.910. The second-order valence-electron chi connectivity index (χ2n) is 6.05. The van der Waals surface area contributed by atoms with Crippen LogP contribution in [0.15, 0.2) is 52.9 Å². The van der Waals surface area contributed by atoms with E-state index >= 15 is 0 Å². The number of hydrogen-bond donors (Lipinski definition) is 1. The molecular formula is C19H20N4OS2. The molecule has 1 N–H and O–H groups in total. The van der Waals surface area contributed by atoms with Gasteiger partial charge in [-0.1, -0.05) is 52.9 Å². The van der Waals surface area contributed by atoms with E-state index in [4.69, 9.17) is 0 Å². The van der Waals surface area contributed by atoms with Crippen LogP contribution in [0.3, 0.4) is 0 Å². The lowest BCUT2D eigenvalue weighted by Crippen LogP contribution is -2.21. The van der Waals surface area contributed by atoms with Gasteiger partial charge in [-0.3, -0.25) is 4.79 Å². The maximum atomic E-state index is 11.9. The Kier molecular flexibility index (Phi) is 5.90. The molecular weight excluding hydrogens is 364 g/mol. The third kappa shape index (κ3) is 4.83. The van der Waals surface area contributed by atoms with E-state index in [0.717, 1.165) is 26.5 Å². The van der Waals surface area contributed by atoms with Crippen molar-refractivity contribution < 1.29 is 4.79 Å². The van der Waals surface area contributed by atoms with E-state index in [9.17, 15) is 4.79 Å². The van der Waals surface area contributed by atoms with Gasteiger partial charge in [-0.25, -0.2) is 0 Å². The first-order valence-corrected chi connectivity index (χ1v) is 9.92. The molecule has 0 radical (unpaired) electrons. The van der Waals surface area contributed by atoms with Crippen molar-refractivity contribution >= 4 is 39.8 Å². The van der Waals surface area contributed by atoms with E-state index in [1.165, 1.54) is 16.9 Å². The average Bonchev–Trinajstić information content (AvgIpc) is 3.09. The molecule has 7 heteroatoms. The number of anilines is 2. The number of benzene rings is 2. The molecule has 1 heterocycles. The van der Waals surface area contributed by atoms with Crippen molar-refractivity contribution in [2.45, 2.75) is 17.0 Å². The van der Waals surface area contributed by atoms with Gasteiger partial charge in [-0.05, 0) is 36.8 Å². The summed E-state index contributed by atoms with van der Waals surface area (Å²) in [6, 6.07) is 15.9. The van der Waals surface area contributed by atoms with Crippen LogP contribution in [-0.4, -0.2) is 35.1 Å². The van der Waals surface area contributed by atoms with Gasteiger partial charge in [-0.15, -0.1) is 10.2 Å². The van der Waals surface area contributed by atoms with Crippen LogP contribution in [0.2, 0.25) is 0 Å². The number of amides is 1. The summed E-state index contributed by atoms with van der Waals surface area (Å²) in [5.74, 6) is 0.801. The van der Waals surface area contributed by atoms with Crippen molar-refractivity contribution in [3.05, 3.63) is 65.2 Å². The van der Waals surface area contributed by atoms with E-state index in [-0.39, 0.29) is 5.91 Å². The number of aromatic nitrogens is 2. The molecule has 134 valence electrons. The lowest BCUT2D eigenvalue weighted by molar-refractivity contribution is 0.0827. The van der Waals surface area contributed by atoms with Crippen molar-refractivity contribution in [1.82, 2.24) is 15.1 Å². The molecule has 26 heavy (non-hydrogen) atoms. The number of hydrogen-bond acceptors (Lipinski definition) is 6. The zero-order valence-corrected chi connectivity index (χ0v) is 16.5. The molecule has 5 nitrogen and oxygen atoms in total. The number of thioether (sulfide) groups is 1. The van der Waals surface area contributed by atoms with E-state index < -0.39 is 0 Å². The predicted octanol–water partition coefficient (Wildman–Crippen LogP) is 4.58. The van der Waals surface area contributed by atoms with Crippen molar-refractivity contribution in [3.63, 3.8) is 0 Å². The van der Waals surface area contributed by atoms with Gasteiger partial charge in [0, 0.05) is 31.1 Å². The third-order valence-electron chi connectivity index (χ3n) is 3.68. The number of nitrogens with zero attached hydrogens (tertiary/aromatic N) is 3. The molecule has 0 aliphatic carbocycles. The Morgan fingerprint density at radius 2 is 1.77 bits per heavy atom. The van der Waals surface area contributed by atoms with Crippen LogP contribution in [0.5, 0.6) is 0 Å². The first-order chi connectivity index (χ1) is 12.5. The molecule has 0 bridgehead atoms. The lowest BCUT2D eigenvalue weighted by Gasteiger charge is -2.10. The Balaban J connectivity index is 1.56.